The Balaban J connectivity index is 0.00000392. The first kappa shape index (κ1) is 25.6. The number of benzene rings is 1. The minimum atomic E-state index is -3.22. The molecule has 0 unspecified atom stereocenters. The Kier molecular flexibility index (Phi) is 11.9. The Labute approximate surface area is 194 Å². The summed E-state index contributed by atoms with van der Waals surface area (Å²) in [6.45, 7) is 2.58. The summed E-state index contributed by atoms with van der Waals surface area (Å²) in [4.78, 5) is 6.10. The number of likely N-dealkylation sites (N-methyl/N-ethyl adjacent to an activating group) is 1. The van der Waals surface area contributed by atoms with Gasteiger partial charge in [0.05, 0.1) is 12.3 Å². The number of nitrogens with zero attached hydrogens (tertiary/aromatic N) is 3. The first-order valence-electron chi connectivity index (χ1n) is 8.78. The van der Waals surface area contributed by atoms with Crippen LogP contribution in [-0.2, 0) is 10.0 Å². The summed E-state index contributed by atoms with van der Waals surface area (Å²) in [5.41, 5.74) is 0. The van der Waals surface area contributed by atoms with Gasteiger partial charge in [-0.25, -0.2) is 12.7 Å². The molecule has 1 fully saturated rings. The highest BCUT2D eigenvalue weighted by molar-refractivity contribution is 14.0. The molecule has 1 aliphatic rings. The van der Waals surface area contributed by atoms with Crippen LogP contribution in [0.25, 0.3) is 0 Å². The second-order valence-electron chi connectivity index (χ2n) is 6.03. The summed E-state index contributed by atoms with van der Waals surface area (Å²) in [6, 6.07) is 7.24. The molecule has 0 aromatic heterocycles. The zero-order valence-electron chi connectivity index (χ0n) is 16.1. The van der Waals surface area contributed by atoms with Gasteiger partial charge in [-0.05, 0) is 18.2 Å². The highest BCUT2D eigenvalue weighted by atomic mass is 127. The highest BCUT2D eigenvalue weighted by Gasteiger charge is 2.23. The van der Waals surface area contributed by atoms with E-state index in [2.05, 4.69) is 10.3 Å². The molecule has 2 rings (SSSR count). The third kappa shape index (κ3) is 8.52. The molecule has 1 saturated heterocycles. The van der Waals surface area contributed by atoms with Crippen molar-refractivity contribution in [1.82, 2.24) is 14.5 Å². The number of guanidine groups is 1. The number of ether oxygens (including phenoxy) is 1. The molecule has 0 atom stereocenters. The lowest BCUT2D eigenvalue weighted by atomic mass is 10.3. The minimum absolute atomic E-state index is 0. The lowest BCUT2D eigenvalue weighted by Crippen LogP contribution is -2.45. The Morgan fingerprint density at radius 1 is 1.39 bits per heavy atom. The number of hydrogen-bond donors (Lipinski definition) is 1. The van der Waals surface area contributed by atoms with Crippen LogP contribution >= 0.6 is 47.3 Å². The molecule has 0 radical (unpaired) electrons. The van der Waals surface area contributed by atoms with Crippen LogP contribution < -0.4 is 10.1 Å². The topological polar surface area (TPSA) is 74.2 Å². The molecule has 1 aromatic carbocycles. The molecule has 11 heteroatoms. The number of halogens is 2. The molecule has 0 saturated carbocycles. The highest BCUT2D eigenvalue weighted by Crippen LogP contribution is 2.17. The van der Waals surface area contributed by atoms with E-state index in [9.17, 15) is 8.42 Å². The van der Waals surface area contributed by atoms with Gasteiger partial charge in [0.25, 0.3) is 0 Å². The van der Waals surface area contributed by atoms with E-state index in [-0.39, 0.29) is 29.7 Å². The van der Waals surface area contributed by atoms with Gasteiger partial charge in [-0.1, -0.05) is 17.7 Å². The largest absolute Gasteiger partial charge is 0.492 e. The minimum Gasteiger partial charge on any atom is -0.492 e. The Morgan fingerprint density at radius 3 is 2.75 bits per heavy atom. The number of hydrogen-bond acceptors (Lipinski definition) is 5. The van der Waals surface area contributed by atoms with E-state index in [0.29, 0.717) is 49.5 Å². The van der Waals surface area contributed by atoms with E-state index in [1.54, 1.807) is 35.2 Å². The van der Waals surface area contributed by atoms with E-state index in [0.717, 1.165) is 11.5 Å². The summed E-state index contributed by atoms with van der Waals surface area (Å²) in [6.07, 6.45) is 0. The van der Waals surface area contributed by atoms with Gasteiger partial charge in [-0.2, -0.15) is 11.8 Å². The Hall–Kier alpha value is -0.430. The fourth-order valence-electron chi connectivity index (χ4n) is 2.59. The molecular weight excluding hydrogens is 535 g/mol. The molecule has 28 heavy (non-hydrogen) atoms. The summed E-state index contributed by atoms with van der Waals surface area (Å²) < 4.78 is 32.0. The van der Waals surface area contributed by atoms with Crippen LogP contribution in [0.15, 0.2) is 29.3 Å². The van der Waals surface area contributed by atoms with Crippen molar-refractivity contribution in [2.75, 3.05) is 64.1 Å². The Bertz CT molecular complexity index is 731. The number of aliphatic imine (C=N–C) groups is 1. The predicted octanol–water partition coefficient (Wildman–Crippen LogP) is 2.22. The standard InChI is InChI=1S/C17H27ClN4O3S2.HI/c1-19-17(20-6-13-27(23,24)22-8-11-26-12-9-22)21(2)7-10-25-16-5-3-4-15(18)14-16;/h3-5,14H,6-13H2,1-2H3,(H,19,20);1H. The van der Waals surface area contributed by atoms with Gasteiger partial charge in [-0.3, -0.25) is 4.99 Å². The molecule has 160 valence electrons. The average molecular weight is 563 g/mol. The first-order chi connectivity index (χ1) is 12.9. The molecule has 0 bridgehead atoms. The maximum atomic E-state index is 12.4. The summed E-state index contributed by atoms with van der Waals surface area (Å²) in [5.74, 6) is 3.13. The van der Waals surface area contributed by atoms with Crippen molar-refractivity contribution in [1.29, 1.82) is 0 Å². The van der Waals surface area contributed by atoms with Crippen LogP contribution in [0.4, 0.5) is 0 Å². The van der Waals surface area contributed by atoms with Crippen LogP contribution in [-0.4, -0.2) is 87.7 Å². The van der Waals surface area contributed by atoms with E-state index < -0.39 is 10.0 Å². The molecule has 1 heterocycles. The van der Waals surface area contributed by atoms with Crippen molar-refractivity contribution < 1.29 is 13.2 Å². The number of sulfonamides is 1. The van der Waals surface area contributed by atoms with Crippen LogP contribution in [0, 0.1) is 0 Å². The quantitative estimate of drug-likeness (QED) is 0.298. The van der Waals surface area contributed by atoms with Crippen molar-refractivity contribution in [3.63, 3.8) is 0 Å². The molecule has 0 spiro atoms. The van der Waals surface area contributed by atoms with Crippen LogP contribution in [0.2, 0.25) is 5.02 Å². The second kappa shape index (κ2) is 13.0. The van der Waals surface area contributed by atoms with Crippen LogP contribution in [0.5, 0.6) is 5.75 Å². The number of rotatable bonds is 8. The summed E-state index contributed by atoms with van der Waals surface area (Å²) in [5, 5.41) is 3.74. The van der Waals surface area contributed by atoms with Crippen molar-refractivity contribution in [3.8, 4) is 5.75 Å². The monoisotopic (exact) mass is 562 g/mol. The molecule has 0 amide bonds. The lowest BCUT2D eigenvalue weighted by molar-refractivity contribution is 0.281. The van der Waals surface area contributed by atoms with E-state index in [4.69, 9.17) is 16.3 Å². The van der Waals surface area contributed by atoms with Crippen molar-refractivity contribution >= 4 is 63.3 Å². The van der Waals surface area contributed by atoms with Gasteiger partial charge < -0.3 is 15.0 Å². The van der Waals surface area contributed by atoms with Gasteiger partial charge in [0.15, 0.2) is 5.96 Å². The van der Waals surface area contributed by atoms with Crippen LogP contribution in [0.1, 0.15) is 0 Å². The second-order valence-corrected chi connectivity index (χ2v) is 9.78. The fraction of sp³-hybridized carbons (Fsp3) is 0.588. The first-order valence-corrected chi connectivity index (χ1v) is 11.9. The molecule has 0 aliphatic carbocycles. The normalized spacial score (nSPS) is 15.6. The third-order valence-corrected chi connectivity index (χ3v) is 7.12. The lowest BCUT2D eigenvalue weighted by Gasteiger charge is -2.26. The Morgan fingerprint density at radius 2 is 2.11 bits per heavy atom. The van der Waals surface area contributed by atoms with E-state index in [1.165, 1.54) is 0 Å². The molecule has 1 aromatic rings. The van der Waals surface area contributed by atoms with Gasteiger partial charge in [0.1, 0.15) is 12.4 Å². The molecular formula is C17H28ClIN4O3S2. The maximum Gasteiger partial charge on any atom is 0.215 e. The molecule has 1 aliphatic heterocycles. The van der Waals surface area contributed by atoms with Crippen molar-refractivity contribution in [2.24, 2.45) is 4.99 Å². The van der Waals surface area contributed by atoms with Gasteiger partial charge in [-0.15, -0.1) is 24.0 Å². The zero-order valence-corrected chi connectivity index (χ0v) is 20.9. The van der Waals surface area contributed by atoms with E-state index >= 15 is 0 Å². The molecule has 7 nitrogen and oxygen atoms in total. The van der Waals surface area contributed by atoms with Gasteiger partial charge >= 0.3 is 0 Å². The third-order valence-electron chi connectivity index (χ3n) is 4.07. The van der Waals surface area contributed by atoms with Crippen LogP contribution in [0.3, 0.4) is 0 Å². The average Bonchev–Trinajstić information content (AvgIpc) is 2.66. The predicted molar refractivity (Wildman–Crippen MR) is 129 cm³/mol. The summed E-state index contributed by atoms with van der Waals surface area (Å²) in [7, 11) is 0.332. The number of thioether (sulfide) groups is 1. The SMILES string of the molecule is CN=C(NCCS(=O)(=O)N1CCSCC1)N(C)CCOc1cccc(Cl)c1.I. The van der Waals surface area contributed by atoms with Crippen molar-refractivity contribution in [3.05, 3.63) is 29.3 Å². The van der Waals surface area contributed by atoms with Gasteiger partial charge in [0, 0.05) is 50.3 Å². The smallest absolute Gasteiger partial charge is 0.215 e. The van der Waals surface area contributed by atoms with E-state index in [1.807, 2.05) is 24.1 Å². The maximum absolute atomic E-state index is 12.4. The van der Waals surface area contributed by atoms with Gasteiger partial charge in [0.2, 0.25) is 10.0 Å². The van der Waals surface area contributed by atoms with Crippen molar-refractivity contribution in [2.45, 2.75) is 0 Å². The zero-order chi connectivity index (χ0) is 19.7. The fourth-order valence-corrected chi connectivity index (χ4v) is 5.27. The summed E-state index contributed by atoms with van der Waals surface area (Å²) >= 11 is 7.73. The number of nitrogens with one attached hydrogen (secondary N) is 1. The molecule has 1 N–H and O–H groups in total.